The number of rotatable bonds is 8. The average molecular weight is 267 g/mol. The van der Waals surface area contributed by atoms with Crippen molar-refractivity contribution < 1.29 is 9.53 Å². The van der Waals surface area contributed by atoms with E-state index in [4.69, 9.17) is 4.74 Å². The largest absolute Gasteiger partial charge is 0.465 e. The molecular weight excluding hydrogens is 246 g/mol. The van der Waals surface area contributed by atoms with Crippen molar-refractivity contribution in [3.8, 4) is 0 Å². The topological polar surface area (TPSA) is 38.3 Å². The van der Waals surface area contributed by atoms with E-state index < -0.39 is 0 Å². The third-order valence-electron chi connectivity index (χ3n) is 2.37. The molecule has 4 heteroatoms. The van der Waals surface area contributed by atoms with Crippen LogP contribution < -0.4 is 5.32 Å². The van der Waals surface area contributed by atoms with E-state index >= 15 is 0 Å². The van der Waals surface area contributed by atoms with Crippen LogP contribution in [0.15, 0.2) is 35.2 Å². The summed E-state index contributed by atoms with van der Waals surface area (Å²) in [4.78, 5) is 12.9. The quantitative estimate of drug-likeness (QED) is 0.580. The molecule has 0 aromatic heterocycles. The van der Waals surface area contributed by atoms with E-state index in [0.29, 0.717) is 12.4 Å². The first kappa shape index (κ1) is 15.1. The van der Waals surface area contributed by atoms with Gasteiger partial charge in [0.2, 0.25) is 0 Å². The van der Waals surface area contributed by atoms with Crippen LogP contribution in [0, 0.1) is 0 Å². The highest BCUT2D eigenvalue weighted by Gasteiger charge is 2.18. The zero-order valence-electron chi connectivity index (χ0n) is 11.0. The molecule has 18 heavy (non-hydrogen) atoms. The predicted octanol–water partition coefficient (Wildman–Crippen LogP) is 2.71. The lowest BCUT2D eigenvalue weighted by Crippen LogP contribution is -2.40. The summed E-state index contributed by atoms with van der Waals surface area (Å²) in [5, 5.41) is 3.23. The zero-order chi connectivity index (χ0) is 13.2. The molecule has 100 valence electrons. The number of thioether (sulfide) groups is 1. The zero-order valence-corrected chi connectivity index (χ0v) is 11.8. The molecule has 0 aliphatic carbocycles. The van der Waals surface area contributed by atoms with Crippen molar-refractivity contribution in [1.82, 2.24) is 5.32 Å². The molecule has 0 aliphatic heterocycles. The van der Waals surface area contributed by atoms with Gasteiger partial charge in [-0.15, -0.1) is 11.8 Å². The molecule has 0 radical (unpaired) electrons. The lowest BCUT2D eigenvalue weighted by atomic mass is 10.3. The van der Waals surface area contributed by atoms with Crippen LogP contribution in [0.25, 0.3) is 0 Å². The van der Waals surface area contributed by atoms with Crippen molar-refractivity contribution in [2.75, 3.05) is 18.9 Å². The van der Waals surface area contributed by atoms with Gasteiger partial charge in [0.15, 0.2) is 0 Å². The van der Waals surface area contributed by atoms with Crippen LogP contribution in [0.3, 0.4) is 0 Å². The number of carbonyl (C=O) groups excluding carboxylic acids is 1. The molecule has 3 nitrogen and oxygen atoms in total. The second-order valence-corrected chi connectivity index (χ2v) is 4.98. The normalized spacial score (nSPS) is 12.1. The SMILES string of the molecule is CCCNC(CSc1ccccc1)C(=O)OCC. The first-order chi connectivity index (χ1) is 8.77. The molecule has 1 aromatic carbocycles. The fourth-order valence-electron chi connectivity index (χ4n) is 1.47. The Morgan fingerprint density at radius 3 is 2.67 bits per heavy atom. The van der Waals surface area contributed by atoms with Crippen molar-refractivity contribution >= 4 is 17.7 Å². The molecule has 0 spiro atoms. The molecule has 0 saturated carbocycles. The number of hydrogen-bond acceptors (Lipinski definition) is 4. The molecule has 1 N–H and O–H groups in total. The molecular formula is C14H21NO2S. The minimum atomic E-state index is -0.227. The van der Waals surface area contributed by atoms with Crippen molar-refractivity contribution in [1.29, 1.82) is 0 Å². The summed E-state index contributed by atoms with van der Waals surface area (Å²) in [6.07, 6.45) is 1.01. The highest BCUT2D eigenvalue weighted by molar-refractivity contribution is 7.99. The Hall–Kier alpha value is -1.00. The Bertz CT molecular complexity index is 343. The minimum Gasteiger partial charge on any atom is -0.465 e. The Morgan fingerprint density at radius 2 is 2.06 bits per heavy atom. The van der Waals surface area contributed by atoms with Crippen LogP contribution in [0.1, 0.15) is 20.3 Å². The molecule has 0 fully saturated rings. The van der Waals surface area contributed by atoms with Gasteiger partial charge in [0.25, 0.3) is 0 Å². The third kappa shape index (κ3) is 5.56. The van der Waals surface area contributed by atoms with Crippen molar-refractivity contribution in [2.24, 2.45) is 0 Å². The number of nitrogens with one attached hydrogen (secondary N) is 1. The Labute approximate surface area is 113 Å². The first-order valence-electron chi connectivity index (χ1n) is 6.35. The number of ether oxygens (including phenoxy) is 1. The maximum atomic E-state index is 11.8. The van der Waals surface area contributed by atoms with Crippen LogP contribution in [0.5, 0.6) is 0 Å². The number of benzene rings is 1. The smallest absolute Gasteiger partial charge is 0.323 e. The summed E-state index contributed by atoms with van der Waals surface area (Å²) < 4.78 is 5.07. The standard InChI is InChI=1S/C14H21NO2S/c1-3-10-15-13(14(16)17-4-2)11-18-12-8-6-5-7-9-12/h5-9,13,15H,3-4,10-11H2,1-2H3. The van der Waals surface area contributed by atoms with Crippen LogP contribution in [-0.2, 0) is 9.53 Å². The van der Waals surface area contributed by atoms with Gasteiger partial charge in [-0.05, 0) is 32.0 Å². The van der Waals surface area contributed by atoms with E-state index in [1.807, 2.05) is 37.3 Å². The van der Waals surface area contributed by atoms with Gasteiger partial charge in [0.05, 0.1) is 6.61 Å². The number of esters is 1. The maximum Gasteiger partial charge on any atom is 0.323 e. The second kappa shape index (κ2) is 9.00. The number of hydrogen-bond donors (Lipinski definition) is 1. The van der Waals surface area contributed by atoms with E-state index in [2.05, 4.69) is 12.2 Å². The predicted molar refractivity (Wildman–Crippen MR) is 75.9 cm³/mol. The molecule has 1 aromatic rings. The Balaban J connectivity index is 2.47. The van der Waals surface area contributed by atoms with Gasteiger partial charge in [-0.2, -0.15) is 0 Å². The Morgan fingerprint density at radius 1 is 1.33 bits per heavy atom. The molecule has 1 rings (SSSR count). The minimum absolute atomic E-state index is 0.158. The first-order valence-corrected chi connectivity index (χ1v) is 7.34. The molecule has 1 unspecified atom stereocenters. The van der Waals surface area contributed by atoms with Crippen LogP contribution in [-0.4, -0.2) is 30.9 Å². The van der Waals surface area contributed by atoms with E-state index in [1.165, 1.54) is 4.90 Å². The summed E-state index contributed by atoms with van der Waals surface area (Å²) in [7, 11) is 0. The van der Waals surface area contributed by atoms with Gasteiger partial charge in [-0.25, -0.2) is 0 Å². The highest BCUT2D eigenvalue weighted by atomic mass is 32.2. The summed E-state index contributed by atoms with van der Waals surface area (Å²) in [6.45, 7) is 5.18. The second-order valence-electron chi connectivity index (χ2n) is 3.88. The van der Waals surface area contributed by atoms with Gasteiger partial charge in [-0.3, -0.25) is 4.79 Å². The monoisotopic (exact) mass is 267 g/mol. The van der Waals surface area contributed by atoms with Gasteiger partial charge >= 0.3 is 5.97 Å². The molecule has 0 amide bonds. The molecule has 0 heterocycles. The van der Waals surface area contributed by atoms with E-state index in [1.54, 1.807) is 11.8 Å². The van der Waals surface area contributed by atoms with Gasteiger partial charge < -0.3 is 10.1 Å². The average Bonchev–Trinajstić information content (AvgIpc) is 2.40. The van der Waals surface area contributed by atoms with E-state index in [9.17, 15) is 4.79 Å². The molecule has 0 bridgehead atoms. The van der Waals surface area contributed by atoms with Gasteiger partial charge in [0.1, 0.15) is 6.04 Å². The summed E-state index contributed by atoms with van der Waals surface area (Å²) >= 11 is 1.67. The van der Waals surface area contributed by atoms with E-state index in [0.717, 1.165) is 13.0 Å². The van der Waals surface area contributed by atoms with E-state index in [-0.39, 0.29) is 12.0 Å². The van der Waals surface area contributed by atoms with Crippen LogP contribution in [0.4, 0.5) is 0 Å². The molecule has 0 saturated heterocycles. The van der Waals surface area contributed by atoms with Gasteiger partial charge in [0, 0.05) is 10.6 Å². The van der Waals surface area contributed by atoms with Crippen LogP contribution >= 0.6 is 11.8 Å². The lowest BCUT2D eigenvalue weighted by molar-refractivity contribution is -0.144. The lowest BCUT2D eigenvalue weighted by Gasteiger charge is -2.16. The van der Waals surface area contributed by atoms with Crippen molar-refractivity contribution in [3.05, 3.63) is 30.3 Å². The summed E-state index contributed by atoms with van der Waals surface area (Å²) in [5.74, 6) is 0.539. The third-order valence-corrected chi connectivity index (χ3v) is 3.48. The molecule has 1 atom stereocenters. The fourth-order valence-corrected chi connectivity index (χ4v) is 2.43. The summed E-state index contributed by atoms with van der Waals surface area (Å²) in [6, 6.07) is 9.86. The van der Waals surface area contributed by atoms with Crippen molar-refractivity contribution in [2.45, 2.75) is 31.2 Å². The number of carbonyl (C=O) groups is 1. The van der Waals surface area contributed by atoms with Gasteiger partial charge in [-0.1, -0.05) is 25.1 Å². The molecule has 0 aliphatic rings. The highest BCUT2D eigenvalue weighted by Crippen LogP contribution is 2.18. The fraction of sp³-hybridized carbons (Fsp3) is 0.500. The summed E-state index contributed by atoms with van der Waals surface area (Å²) in [5.41, 5.74) is 0. The Kier molecular flexibility index (Phi) is 7.53. The van der Waals surface area contributed by atoms with Crippen molar-refractivity contribution in [3.63, 3.8) is 0 Å². The maximum absolute atomic E-state index is 11.8. The van der Waals surface area contributed by atoms with Crippen LogP contribution in [0.2, 0.25) is 0 Å².